The van der Waals surface area contributed by atoms with Gasteiger partial charge in [-0.3, -0.25) is 4.79 Å². The zero-order valence-electron chi connectivity index (χ0n) is 19.2. The predicted molar refractivity (Wildman–Crippen MR) is 131 cm³/mol. The van der Waals surface area contributed by atoms with E-state index in [1.54, 1.807) is 6.07 Å². The molecule has 1 aromatic heterocycles. The summed E-state index contributed by atoms with van der Waals surface area (Å²) >= 11 is 0. The Morgan fingerprint density at radius 1 is 1.00 bits per heavy atom. The highest BCUT2D eigenvalue weighted by Crippen LogP contribution is 2.31. The van der Waals surface area contributed by atoms with Crippen LogP contribution in [0.4, 0.5) is 0 Å². The third-order valence-electron chi connectivity index (χ3n) is 6.85. The third kappa shape index (κ3) is 4.80. The molecule has 3 heterocycles. The topological polar surface area (TPSA) is 46.9 Å². The van der Waals surface area contributed by atoms with Crippen molar-refractivity contribution in [2.75, 3.05) is 32.8 Å². The maximum Gasteiger partial charge on any atom is 0.251 e. The van der Waals surface area contributed by atoms with Crippen LogP contribution in [0.25, 0.3) is 10.9 Å². The Hall–Kier alpha value is -2.77. The summed E-state index contributed by atoms with van der Waals surface area (Å²) in [6.45, 7) is 7.49. The fourth-order valence-corrected chi connectivity index (χ4v) is 5.01. The molecule has 6 nitrogen and oxygen atoms in total. The molecule has 2 aliphatic rings. The monoisotopic (exact) mass is 443 g/mol. The van der Waals surface area contributed by atoms with E-state index in [0.717, 1.165) is 66.0 Å². The predicted octanol–water partition coefficient (Wildman–Crippen LogP) is 3.13. The molecule has 1 fully saturated rings. The van der Waals surface area contributed by atoms with Crippen molar-refractivity contribution in [1.29, 1.82) is 0 Å². The van der Waals surface area contributed by atoms with Crippen molar-refractivity contribution in [2.24, 2.45) is 0 Å². The lowest BCUT2D eigenvalue weighted by Crippen LogP contribution is -2.44. The summed E-state index contributed by atoms with van der Waals surface area (Å²) in [5.74, 6) is 1.61. The molecule has 1 saturated heterocycles. The second-order valence-corrected chi connectivity index (χ2v) is 9.06. The van der Waals surface area contributed by atoms with Crippen LogP contribution in [-0.2, 0) is 13.1 Å². The minimum atomic E-state index is 0.0687. The number of hydrogen-bond donors (Lipinski definition) is 0. The highest BCUT2D eigenvalue weighted by Gasteiger charge is 2.23. The minimum Gasteiger partial charge on any atom is -0.486 e. The van der Waals surface area contributed by atoms with E-state index in [1.807, 2.05) is 33.6 Å². The van der Waals surface area contributed by atoms with Gasteiger partial charge < -0.3 is 23.8 Å². The van der Waals surface area contributed by atoms with Crippen LogP contribution in [0.3, 0.4) is 0 Å². The van der Waals surface area contributed by atoms with Gasteiger partial charge in [0.2, 0.25) is 0 Å². The van der Waals surface area contributed by atoms with E-state index in [-0.39, 0.29) is 5.56 Å². The molecule has 0 N–H and O–H groups in total. The Kier molecular flexibility index (Phi) is 6.42. The summed E-state index contributed by atoms with van der Waals surface area (Å²) in [5, 5.41) is 1.12. The number of pyridine rings is 1. The Bertz CT molecular complexity index is 1190. The molecule has 2 aromatic carbocycles. The minimum absolute atomic E-state index is 0.0687. The molecule has 7 heteroatoms. The summed E-state index contributed by atoms with van der Waals surface area (Å²) in [7, 11) is 6.46. The maximum absolute atomic E-state index is 12.6. The highest BCUT2D eigenvalue weighted by molar-refractivity contribution is 6.04. The number of para-hydroxylation sites is 1. The molecule has 33 heavy (non-hydrogen) atoms. The lowest BCUT2D eigenvalue weighted by molar-refractivity contribution is 0.153. The largest absolute Gasteiger partial charge is 0.486 e. The van der Waals surface area contributed by atoms with Gasteiger partial charge in [-0.25, -0.2) is 0 Å². The van der Waals surface area contributed by atoms with Crippen molar-refractivity contribution in [2.45, 2.75) is 38.9 Å². The summed E-state index contributed by atoms with van der Waals surface area (Å²) < 4.78 is 13.2. The van der Waals surface area contributed by atoms with E-state index in [0.29, 0.717) is 32.3 Å². The number of ether oxygens (including phenoxy) is 2. The molecule has 170 valence electrons. The van der Waals surface area contributed by atoms with E-state index in [4.69, 9.17) is 17.5 Å². The zero-order chi connectivity index (χ0) is 22.8. The maximum atomic E-state index is 12.6. The quantitative estimate of drug-likeness (QED) is 0.548. The fourth-order valence-electron chi connectivity index (χ4n) is 5.01. The van der Waals surface area contributed by atoms with Crippen LogP contribution in [0.2, 0.25) is 0 Å². The smallest absolute Gasteiger partial charge is 0.251 e. The Balaban J connectivity index is 1.16. The van der Waals surface area contributed by atoms with Gasteiger partial charge in [0.15, 0.2) is 19.5 Å². The van der Waals surface area contributed by atoms with Gasteiger partial charge in [-0.15, -0.1) is 0 Å². The van der Waals surface area contributed by atoms with E-state index < -0.39 is 0 Å². The Morgan fingerprint density at radius 3 is 2.61 bits per heavy atom. The average molecular weight is 443 g/mol. The van der Waals surface area contributed by atoms with Crippen LogP contribution < -0.4 is 15.0 Å². The number of hydrogen-bond acceptors (Lipinski definition) is 5. The van der Waals surface area contributed by atoms with Crippen molar-refractivity contribution in [1.82, 2.24) is 14.3 Å². The van der Waals surface area contributed by atoms with Crippen LogP contribution in [-0.4, -0.2) is 61.1 Å². The van der Waals surface area contributed by atoms with Gasteiger partial charge in [-0.2, -0.15) is 0 Å². The molecule has 0 unspecified atom stereocenters. The summed E-state index contributed by atoms with van der Waals surface area (Å²) in [5.41, 5.74) is 3.39. The molecule has 0 saturated carbocycles. The van der Waals surface area contributed by atoms with Crippen molar-refractivity contribution in [3.63, 3.8) is 0 Å². The van der Waals surface area contributed by atoms with Gasteiger partial charge in [0.1, 0.15) is 13.2 Å². The van der Waals surface area contributed by atoms with Gasteiger partial charge in [-0.1, -0.05) is 24.3 Å². The van der Waals surface area contributed by atoms with Crippen LogP contribution in [0.1, 0.15) is 24.0 Å². The first-order chi connectivity index (χ1) is 16.1. The van der Waals surface area contributed by atoms with Crippen LogP contribution in [0, 0.1) is 6.92 Å². The molecule has 2 aliphatic heterocycles. The number of benzene rings is 2. The second-order valence-electron chi connectivity index (χ2n) is 9.06. The fraction of sp³-hybridized carbons (Fsp3) is 0.423. The Morgan fingerprint density at radius 2 is 1.79 bits per heavy atom. The van der Waals surface area contributed by atoms with Gasteiger partial charge >= 0.3 is 0 Å². The standard InChI is InChI=1S/C26H30BN3O3/c1-19-3-2-4-21-6-8-25(31)29(26(19)21)14-13-28-11-9-22(10-12-28)30(27)18-20-5-7-23-24(17-20)33-16-15-32-23/h2-8,17,22H,9-16,18H2,1H3. The number of aromatic nitrogens is 1. The normalized spacial score (nSPS) is 17.0. The third-order valence-corrected chi connectivity index (χ3v) is 6.85. The summed E-state index contributed by atoms with van der Waals surface area (Å²) in [6.07, 6.45) is 2.04. The SMILES string of the molecule is [B]N(Cc1ccc2c(c1)OCCO2)C1CCN(CCn2c(=O)ccc3cccc(C)c32)CC1. The molecule has 3 aromatic rings. The van der Waals surface area contributed by atoms with Gasteiger partial charge in [-0.05, 0) is 67.6 Å². The number of likely N-dealkylation sites (tertiary alicyclic amines) is 1. The molecule has 0 bridgehead atoms. The van der Waals surface area contributed by atoms with Crippen molar-refractivity contribution in [3.05, 3.63) is 70.0 Å². The zero-order valence-corrected chi connectivity index (χ0v) is 19.2. The lowest BCUT2D eigenvalue weighted by atomic mass is 9.99. The highest BCUT2D eigenvalue weighted by atomic mass is 16.6. The van der Waals surface area contributed by atoms with Gasteiger partial charge in [0.25, 0.3) is 5.56 Å². The molecule has 0 atom stereocenters. The van der Waals surface area contributed by atoms with Crippen molar-refractivity contribution >= 4 is 18.9 Å². The lowest BCUT2D eigenvalue weighted by Gasteiger charge is -2.37. The van der Waals surface area contributed by atoms with E-state index in [1.165, 1.54) is 0 Å². The van der Waals surface area contributed by atoms with Crippen molar-refractivity contribution < 1.29 is 9.47 Å². The van der Waals surface area contributed by atoms with Crippen LogP contribution >= 0.6 is 0 Å². The molecule has 0 spiro atoms. The first-order valence-electron chi connectivity index (χ1n) is 11.8. The number of aryl methyl sites for hydroxylation is 1. The Labute approximate surface area is 196 Å². The second kappa shape index (κ2) is 9.61. The number of fused-ring (bicyclic) bond motifs is 2. The van der Waals surface area contributed by atoms with Crippen LogP contribution in [0.5, 0.6) is 11.5 Å². The summed E-state index contributed by atoms with van der Waals surface area (Å²) in [4.78, 5) is 17.0. The molecular formula is C26H30BN3O3. The van der Waals surface area contributed by atoms with Crippen molar-refractivity contribution in [3.8, 4) is 11.5 Å². The number of piperidine rings is 1. The molecule has 0 amide bonds. The molecule has 2 radical (unpaired) electrons. The van der Waals surface area contributed by atoms with E-state index in [2.05, 4.69) is 30.0 Å². The van der Waals surface area contributed by atoms with Gasteiger partial charge in [0, 0.05) is 31.7 Å². The van der Waals surface area contributed by atoms with E-state index in [9.17, 15) is 4.79 Å². The molecular weight excluding hydrogens is 413 g/mol. The average Bonchev–Trinajstić information content (AvgIpc) is 2.84. The molecule has 5 rings (SSSR count). The summed E-state index contributed by atoms with van der Waals surface area (Å²) in [6, 6.07) is 16.2. The molecule has 0 aliphatic carbocycles. The van der Waals surface area contributed by atoms with Crippen LogP contribution in [0.15, 0.2) is 53.3 Å². The number of nitrogens with zero attached hydrogens (tertiary/aromatic N) is 3. The van der Waals surface area contributed by atoms with Gasteiger partial charge in [0.05, 0.1) is 5.52 Å². The van der Waals surface area contributed by atoms with E-state index >= 15 is 0 Å². The first kappa shape index (κ1) is 22.0. The number of rotatable bonds is 6. The first-order valence-corrected chi connectivity index (χ1v) is 11.8.